The number of nitrogens with one attached hydrogen (secondary N) is 8. The molecule has 1 saturated heterocycles. The topological polar surface area (TPSA) is 553 Å². The maximum atomic E-state index is 14.8. The Bertz CT molecular complexity index is 3200. The van der Waals surface area contributed by atoms with E-state index in [4.69, 9.17) is 40.1 Å². The number of unbranched alkanes of at least 4 members (excludes halogenated alkanes) is 1. The van der Waals surface area contributed by atoms with E-state index in [0.29, 0.717) is 42.6 Å². The van der Waals surface area contributed by atoms with Crippen molar-refractivity contribution in [2.75, 3.05) is 57.2 Å². The van der Waals surface area contributed by atoms with Gasteiger partial charge in [0.25, 0.3) is 0 Å². The lowest BCUT2D eigenvalue weighted by molar-refractivity contribution is -0.143. The maximum absolute atomic E-state index is 14.8. The molecule has 1 aliphatic heterocycles. The molecule has 1 aliphatic rings. The van der Waals surface area contributed by atoms with Crippen molar-refractivity contribution in [2.24, 2.45) is 51.0 Å². The summed E-state index contributed by atoms with van der Waals surface area (Å²) in [5.41, 5.74) is 40.4. The first kappa shape index (κ1) is 84.3. The van der Waals surface area contributed by atoms with Gasteiger partial charge in [0.15, 0.2) is 5.96 Å². The van der Waals surface area contributed by atoms with Crippen LogP contribution in [0, 0.1) is 5.92 Å². The molecule has 3 rings (SSSR count). The molecule has 35 heteroatoms. The SMILES string of the molecule is CSCC[C@H](NC(=O)[C@@H](N)CCCN=C(N)N)C(=O)N[C@@H](CCCCN)C(=O)N1CCC[C@H]1C(=O)N[C@@H](CCC(N)=O)C(=O)N[C@@H](CCC(N)=O)C(=O)N[C@@H](Cc1ccccc1)C(=O)N[C@@H](Cc1ccccc1)C(=O)N(C)CC(=O)N[C@@H](CC(C)C)C(=O)N[C@@H](CCS(C)(=O)=O)C(N)=O. The fourth-order valence-corrected chi connectivity index (χ4v) is 11.8. The van der Waals surface area contributed by atoms with Crippen LogP contribution in [0.15, 0.2) is 65.7 Å². The van der Waals surface area contributed by atoms with Gasteiger partial charge in [0.1, 0.15) is 64.2 Å². The number of likely N-dealkylation sites (N-methyl/N-ethyl adjacent to an activating group) is 1. The smallest absolute Gasteiger partial charge is 0.245 e. The first-order valence-electron chi connectivity index (χ1n) is 32.8. The molecule has 99 heavy (non-hydrogen) atoms. The molecule has 10 atom stereocenters. The monoisotopic (exact) mass is 1430 g/mol. The number of guanidine groups is 1. The zero-order chi connectivity index (χ0) is 73.9. The Labute approximate surface area is 582 Å². The van der Waals surface area contributed by atoms with Gasteiger partial charge in [-0.05, 0) is 113 Å². The number of nitrogens with zero attached hydrogens (tertiary/aromatic N) is 3. The molecular weight excluding hydrogens is 1320 g/mol. The molecule has 0 bridgehead atoms. The summed E-state index contributed by atoms with van der Waals surface area (Å²) in [4.78, 5) is 185. The van der Waals surface area contributed by atoms with Gasteiger partial charge < -0.3 is 92.5 Å². The lowest BCUT2D eigenvalue weighted by Gasteiger charge is -2.31. The van der Waals surface area contributed by atoms with Crippen molar-refractivity contribution in [2.45, 2.75) is 177 Å². The van der Waals surface area contributed by atoms with Crippen LogP contribution < -0.4 is 82.7 Å². The van der Waals surface area contributed by atoms with Crippen molar-refractivity contribution in [3.63, 3.8) is 0 Å². The highest BCUT2D eigenvalue weighted by Gasteiger charge is 2.41. The normalized spacial score (nSPS) is 15.5. The van der Waals surface area contributed by atoms with Crippen LogP contribution in [0.3, 0.4) is 0 Å². The van der Waals surface area contributed by atoms with Gasteiger partial charge in [-0.1, -0.05) is 74.5 Å². The largest absolute Gasteiger partial charge is 0.370 e. The number of carbonyl (C=O) groups excluding carboxylic acids is 13. The van der Waals surface area contributed by atoms with Crippen molar-refractivity contribution >= 4 is 104 Å². The van der Waals surface area contributed by atoms with Crippen LogP contribution in [0.25, 0.3) is 0 Å². The molecule has 1 heterocycles. The molecule has 0 saturated carbocycles. The van der Waals surface area contributed by atoms with Crippen LogP contribution in [0.2, 0.25) is 0 Å². The zero-order valence-electron chi connectivity index (χ0n) is 57.0. The van der Waals surface area contributed by atoms with E-state index >= 15 is 0 Å². The Morgan fingerprint density at radius 1 is 0.596 bits per heavy atom. The van der Waals surface area contributed by atoms with Crippen molar-refractivity contribution < 1.29 is 70.7 Å². The Hall–Kier alpha value is -8.96. The number of primary amides is 3. The minimum atomic E-state index is -3.56. The highest BCUT2D eigenvalue weighted by atomic mass is 32.2. The van der Waals surface area contributed by atoms with Crippen LogP contribution in [-0.2, 0) is 85.0 Å². The Kier molecular flexibility index (Phi) is 37.0. The molecule has 13 amide bonds. The molecule has 2 aromatic carbocycles. The lowest BCUT2D eigenvalue weighted by Crippen LogP contribution is -2.60. The number of carbonyl (C=O) groups is 13. The number of hydrogen-bond donors (Lipinski definition) is 15. The Morgan fingerprint density at radius 2 is 1.09 bits per heavy atom. The molecule has 0 aromatic heterocycles. The summed E-state index contributed by atoms with van der Waals surface area (Å²) in [5.74, 6) is -11.4. The number of likely N-dealkylation sites (tertiary alicyclic amines) is 1. The number of hydrogen-bond acceptors (Lipinski definition) is 19. The summed E-state index contributed by atoms with van der Waals surface area (Å²) in [6.45, 7) is 3.39. The van der Waals surface area contributed by atoms with E-state index in [0.717, 1.165) is 11.2 Å². The highest BCUT2D eigenvalue weighted by Crippen LogP contribution is 2.22. The lowest BCUT2D eigenvalue weighted by atomic mass is 10.0. The first-order chi connectivity index (χ1) is 46.7. The Morgan fingerprint density at radius 3 is 1.62 bits per heavy atom. The second-order valence-corrected chi connectivity index (χ2v) is 28.1. The summed E-state index contributed by atoms with van der Waals surface area (Å²) >= 11 is 1.42. The number of sulfone groups is 1. The Balaban J connectivity index is 1.95. The quantitative estimate of drug-likeness (QED) is 0.0169. The average Bonchev–Trinajstić information content (AvgIpc) is 1.77. The third-order valence-corrected chi connectivity index (χ3v) is 17.6. The van der Waals surface area contributed by atoms with Crippen LogP contribution in [-0.4, -0.2) is 219 Å². The van der Waals surface area contributed by atoms with Crippen molar-refractivity contribution in [1.29, 1.82) is 0 Å². The standard InChI is InChI=1S/C64H102N18O15S2/c1-38(2)34-47(59(91)74-42(54(69)86)28-33-99(5,96)97)73-53(85)37-81(3)62(94)49(36-40-18-10-7-11-19-40)80-60(92)48(35-39-16-8-6-9-17-39)79-57(89)43(23-25-51(67)83)76-56(88)44(24-26-52(68)84)77-61(93)50-22-15-31-82(50)63(95)46(21-12-13-29-65)78-58(90)45(27-32-98-4)75-55(87)41(66)20-14-30-72-64(70)71/h6-11,16-19,38,41-50H,12-15,20-37,65-66H2,1-5H3,(H2,67,83)(H2,68,84)(H2,69,86)(H,73,85)(H,74,91)(H,75,87)(H,76,88)(H,77,93)(H,78,90)(H,79,89)(H,80,92)(H4,70,71,72)/t41-,42-,43-,44-,45-,46-,47-,48-,49-,50-/m0/s1. The number of nitrogens with two attached hydrogens (primary N) is 7. The van der Waals surface area contributed by atoms with Crippen LogP contribution in [0.4, 0.5) is 0 Å². The first-order valence-corrected chi connectivity index (χ1v) is 36.3. The van der Waals surface area contributed by atoms with Crippen molar-refractivity contribution in [3.8, 4) is 0 Å². The maximum Gasteiger partial charge on any atom is 0.245 e. The highest BCUT2D eigenvalue weighted by molar-refractivity contribution is 7.98. The minimum absolute atomic E-state index is 0.0457. The molecule has 0 spiro atoms. The molecule has 0 aliphatic carbocycles. The fraction of sp³-hybridized carbons (Fsp3) is 0.594. The number of aliphatic imine (C=N–C) groups is 1. The zero-order valence-corrected chi connectivity index (χ0v) is 58.6. The number of amides is 13. The average molecular weight is 1430 g/mol. The van der Waals surface area contributed by atoms with E-state index in [9.17, 15) is 70.7 Å². The van der Waals surface area contributed by atoms with E-state index in [2.05, 4.69) is 47.5 Å². The summed E-state index contributed by atoms with van der Waals surface area (Å²) in [6, 6.07) is 3.30. The van der Waals surface area contributed by atoms with E-state index in [1.807, 2.05) is 6.26 Å². The summed E-state index contributed by atoms with van der Waals surface area (Å²) < 4.78 is 23.7. The number of thioether (sulfide) groups is 1. The molecule has 22 N–H and O–H groups in total. The van der Waals surface area contributed by atoms with Crippen molar-refractivity contribution in [3.05, 3.63) is 71.8 Å². The van der Waals surface area contributed by atoms with Crippen LogP contribution in [0.1, 0.15) is 115 Å². The van der Waals surface area contributed by atoms with Crippen LogP contribution in [0.5, 0.6) is 0 Å². The molecular formula is C64H102N18O15S2. The van der Waals surface area contributed by atoms with E-state index < -0.39 is 185 Å². The van der Waals surface area contributed by atoms with Gasteiger partial charge in [0.2, 0.25) is 76.8 Å². The fourth-order valence-electron chi connectivity index (χ4n) is 10.7. The number of rotatable bonds is 46. The van der Waals surface area contributed by atoms with Gasteiger partial charge in [-0.15, -0.1) is 0 Å². The molecule has 0 unspecified atom stereocenters. The van der Waals surface area contributed by atoms with Crippen LogP contribution >= 0.6 is 11.8 Å². The van der Waals surface area contributed by atoms with E-state index in [1.165, 1.54) is 23.7 Å². The summed E-state index contributed by atoms with van der Waals surface area (Å²) in [6.07, 6.45) is 2.33. The van der Waals surface area contributed by atoms with E-state index in [1.54, 1.807) is 74.5 Å². The van der Waals surface area contributed by atoms with Gasteiger partial charge in [-0.2, -0.15) is 11.8 Å². The summed E-state index contributed by atoms with van der Waals surface area (Å²) in [5, 5.41) is 21.0. The predicted molar refractivity (Wildman–Crippen MR) is 372 cm³/mol. The third-order valence-electron chi connectivity index (χ3n) is 15.9. The number of benzene rings is 2. The van der Waals surface area contributed by atoms with E-state index in [-0.39, 0.29) is 82.9 Å². The van der Waals surface area contributed by atoms with Gasteiger partial charge in [0.05, 0.1) is 18.3 Å². The van der Waals surface area contributed by atoms with Gasteiger partial charge in [-0.3, -0.25) is 67.3 Å². The molecule has 1 fully saturated rings. The van der Waals surface area contributed by atoms with Crippen molar-refractivity contribution in [1.82, 2.24) is 52.3 Å². The molecule has 33 nitrogen and oxygen atoms in total. The van der Waals surface area contributed by atoms with Gasteiger partial charge in [0, 0.05) is 52.1 Å². The predicted octanol–water partition coefficient (Wildman–Crippen LogP) is -4.44. The molecule has 550 valence electrons. The third kappa shape index (κ3) is 32.1. The molecule has 0 radical (unpaired) electrons. The minimum Gasteiger partial charge on any atom is -0.370 e. The second-order valence-electron chi connectivity index (χ2n) is 24.9. The molecule has 2 aromatic rings. The second kappa shape index (κ2) is 43.4. The van der Waals surface area contributed by atoms with Gasteiger partial charge >= 0.3 is 0 Å². The summed E-state index contributed by atoms with van der Waals surface area (Å²) in [7, 11) is -2.28. The van der Waals surface area contributed by atoms with Gasteiger partial charge in [-0.25, -0.2) is 8.42 Å².